The molecule has 0 aliphatic carbocycles. The highest BCUT2D eigenvalue weighted by Gasteiger charge is 2.30. The smallest absolute Gasteiger partial charge is 0.248 e. The normalized spacial score (nSPS) is 15.6. The Labute approximate surface area is 215 Å². The second-order valence-electron chi connectivity index (χ2n) is 8.99. The van der Waals surface area contributed by atoms with Gasteiger partial charge in [-0.3, -0.25) is 4.79 Å². The molecule has 10 nitrogen and oxygen atoms in total. The van der Waals surface area contributed by atoms with Crippen LogP contribution in [0.4, 0.5) is 17.3 Å². The molecule has 1 amide bonds. The zero-order valence-corrected chi connectivity index (χ0v) is 20.3. The van der Waals surface area contributed by atoms with Gasteiger partial charge < -0.3 is 29.7 Å². The monoisotopic (exact) mass is 500 g/mol. The van der Waals surface area contributed by atoms with Gasteiger partial charge in [0.2, 0.25) is 11.9 Å². The highest BCUT2D eigenvalue weighted by Crippen LogP contribution is 2.28. The van der Waals surface area contributed by atoms with Crippen molar-refractivity contribution >= 4 is 23.2 Å². The maximum Gasteiger partial charge on any atom is 0.248 e. The molecule has 190 valence electrons. The van der Waals surface area contributed by atoms with Gasteiger partial charge in [0, 0.05) is 55.2 Å². The van der Waals surface area contributed by atoms with Gasteiger partial charge in [0.25, 0.3) is 0 Å². The summed E-state index contributed by atoms with van der Waals surface area (Å²) in [5.74, 6) is 0.857. The van der Waals surface area contributed by atoms with Gasteiger partial charge in [-0.15, -0.1) is 0 Å². The van der Waals surface area contributed by atoms with Crippen LogP contribution in [-0.2, 0) is 9.53 Å². The van der Waals surface area contributed by atoms with Crippen molar-refractivity contribution in [3.63, 3.8) is 0 Å². The predicted octanol–water partition coefficient (Wildman–Crippen LogP) is 2.42. The Bertz CT molecular complexity index is 1280. The molecule has 5 rings (SSSR count). The van der Waals surface area contributed by atoms with Crippen LogP contribution in [0.1, 0.15) is 5.56 Å². The molecule has 0 spiro atoms. The van der Waals surface area contributed by atoms with Crippen molar-refractivity contribution in [1.29, 1.82) is 5.26 Å². The molecular formula is C27H28N6O4. The topological polar surface area (TPSA) is 124 Å². The molecule has 37 heavy (non-hydrogen) atoms. The number of aliphatic hydroxyl groups excluding tert-OH is 1. The average molecular weight is 501 g/mol. The third-order valence-electron chi connectivity index (χ3n) is 6.47. The fourth-order valence-electron chi connectivity index (χ4n) is 4.38. The molecule has 2 aromatic carbocycles. The van der Waals surface area contributed by atoms with Gasteiger partial charge in [0.1, 0.15) is 18.4 Å². The molecule has 2 N–H and O–H groups in total. The summed E-state index contributed by atoms with van der Waals surface area (Å²) in [7, 11) is 0. The molecule has 0 radical (unpaired) electrons. The van der Waals surface area contributed by atoms with Crippen LogP contribution >= 0.6 is 0 Å². The maximum absolute atomic E-state index is 11.5. The Morgan fingerprint density at radius 3 is 2.68 bits per heavy atom. The molecule has 0 saturated carbocycles. The van der Waals surface area contributed by atoms with Gasteiger partial charge in [-0.25, -0.2) is 9.97 Å². The number of morpholine rings is 1. The number of nitrogens with one attached hydrogen (secondary N) is 1. The van der Waals surface area contributed by atoms with Crippen LogP contribution < -0.4 is 15.0 Å². The van der Waals surface area contributed by atoms with E-state index < -0.39 is 6.61 Å². The predicted molar refractivity (Wildman–Crippen MR) is 138 cm³/mol. The van der Waals surface area contributed by atoms with Crippen LogP contribution in [0.15, 0.2) is 54.7 Å². The molecule has 1 aromatic heterocycles. The molecule has 2 saturated heterocycles. The van der Waals surface area contributed by atoms with Crippen molar-refractivity contribution in [2.24, 2.45) is 5.92 Å². The fourth-order valence-corrected chi connectivity index (χ4v) is 4.38. The van der Waals surface area contributed by atoms with Crippen LogP contribution in [-0.4, -0.2) is 78.5 Å². The number of hydrogen-bond donors (Lipinski definition) is 2. The maximum atomic E-state index is 11.5. The van der Waals surface area contributed by atoms with Gasteiger partial charge >= 0.3 is 0 Å². The summed E-state index contributed by atoms with van der Waals surface area (Å²) in [6.07, 6.45) is 1.68. The number of aliphatic hydroxyl groups is 1. The van der Waals surface area contributed by atoms with Crippen molar-refractivity contribution in [2.45, 2.75) is 0 Å². The van der Waals surface area contributed by atoms with E-state index in [2.05, 4.69) is 38.4 Å². The summed E-state index contributed by atoms with van der Waals surface area (Å²) in [5.41, 5.74) is 3.91. The SMILES string of the molecule is N#Cc1cc(-c2ccnc(Nc3ccc(N4CCOCC4)cc3)n2)ccc1OCC1CN(C(=O)CO)C1. The lowest BCUT2D eigenvalue weighted by Gasteiger charge is -2.38. The van der Waals surface area contributed by atoms with Gasteiger partial charge in [-0.1, -0.05) is 0 Å². The van der Waals surface area contributed by atoms with E-state index in [-0.39, 0.29) is 11.8 Å². The van der Waals surface area contributed by atoms with Crippen LogP contribution in [0.5, 0.6) is 5.75 Å². The molecule has 10 heteroatoms. The largest absolute Gasteiger partial charge is 0.492 e. The summed E-state index contributed by atoms with van der Waals surface area (Å²) in [5, 5.41) is 21.8. The van der Waals surface area contributed by atoms with E-state index >= 15 is 0 Å². The number of anilines is 3. The summed E-state index contributed by atoms with van der Waals surface area (Å²) in [6.45, 7) is 4.28. The molecule has 3 heterocycles. The van der Waals surface area contributed by atoms with E-state index in [1.165, 1.54) is 0 Å². The lowest BCUT2D eigenvalue weighted by atomic mass is 10.0. The van der Waals surface area contributed by atoms with Crippen LogP contribution in [0.3, 0.4) is 0 Å². The molecule has 3 aromatic rings. The van der Waals surface area contributed by atoms with Crippen molar-refractivity contribution < 1.29 is 19.4 Å². The molecule has 2 aliphatic rings. The van der Waals surface area contributed by atoms with Crippen LogP contribution in [0.2, 0.25) is 0 Å². The number of ether oxygens (including phenoxy) is 2. The number of hydrogen-bond acceptors (Lipinski definition) is 9. The lowest BCUT2D eigenvalue weighted by Crippen LogP contribution is -2.52. The Balaban J connectivity index is 1.22. The Hall–Kier alpha value is -4.20. The van der Waals surface area contributed by atoms with Crippen molar-refractivity contribution in [3.8, 4) is 23.1 Å². The number of nitrogens with zero attached hydrogens (tertiary/aromatic N) is 5. The minimum atomic E-state index is -0.477. The highest BCUT2D eigenvalue weighted by molar-refractivity contribution is 5.78. The molecule has 2 aliphatic heterocycles. The first-order valence-electron chi connectivity index (χ1n) is 12.2. The summed E-state index contributed by atoms with van der Waals surface area (Å²) >= 11 is 0. The number of benzene rings is 2. The zero-order chi connectivity index (χ0) is 25.6. The van der Waals surface area contributed by atoms with E-state index in [0.29, 0.717) is 42.7 Å². The van der Waals surface area contributed by atoms with E-state index in [0.717, 1.165) is 43.2 Å². The van der Waals surface area contributed by atoms with E-state index in [4.69, 9.17) is 14.6 Å². The first-order chi connectivity index (χ1) is 18.1. The Morgan fingerprint density at radius 2 is 1.95 bits per heavy atom. The third kappa shape index (κ3) is 5.80. The third-order valence-corrected chi connectivity index (χ3v) is 6.47. The number of rotatable bonds is 8. The molecule has 0 bridgehead atoms. The molecule has 0 atom stereocenters. The Kier molecular flexibility index (Phi) is 7.44. The standard InChI is InChI=1S/C27H28N6O4/c28-14-21-13-20(1-6-25(21)37-18-19-15-33(16-19)26(35)17-34)24-7-8-29-27(31-24)30-22-2-4-23(5-3-22)32-9-11-36-12-10-32/h1-8,13,19,34H,9-12,15-18H2,(H,29,30,31). The van der Waals surface area contributed by atoms with E-state index in [1.807, 2.05) is 18.2 Å². The van der Waals surface area contributed by atoms with Gasteiger partial charge in [0.15, 0.2) is 0 Å². The number of aromatic nitrogens is 2. The van der Waals surface area contributed by atoms with Crippen molar-refractivity contribution in [1.82, 2.24) is 14.9 Å². The summed E-state index contributed by atoms with van der Waals surface area (Å²) in [6, 6.07) is 17.5. The first-order valence-corrected chi connectivity index (χ1v) is 12.2. The second-order valence-corrected chi connectivity index (χ2v) is 8.99. The fraction of sp³-hybridized carbons (Fsp3) is 0.333. The number of carbonyl (C=O) groups excluding carboxylic acids is 1. The summed E-state index contributed by atoms with van der Waals surface area (Å²) < 4.78 is 11.3. The van der Waals surface area contributed by atoms with Crippen molar-refractivity contribution in [3.05, 3.63) is 60.3 Å². The lowest BCUT2D eigenvalue weighted by molar-refractivity contribution is -0.141. The second kappa shape index (κ2) is 11.2. The Morgan fingerprint density at radius 1 is 1.16 bits per heavy atom. The number of amides is 1. The number of nitriles is 1. The minimum Gasteiger partial charge on any atom is -0.492 e. The highest BCUT2D eigenvalue weighted by atomic mass is 16.5. The van der Waals surface area contributed by atoms with Crippen LogP contribution in [0, 0.1) is 17.2 Å². The van der Waals surface area contributed by atoms with Gasteiger partial charge in [-0.05, 0) is 48.5 Å². The average Bonchev–Trinajstić information content (AvgIpc) is 2.93. The summed E-state index contributed by atoms with van der Waals surface area (Å²) in [4.78, 5) is 24.3. The molecule has 2 fully saturated rings. The van der Waals surface area contributed by atoms with Gasteiger partial charge in [-0.2, -0.15) is 5.26 Å². The van der Waals surface area contributed by atoms with E-state index in [9.17, 15) is 10.1 Å². The number of likely N-dealkylation sites (tertiary alicyclic amines) is 1. The zero-order valence-electron chi connectivity index (χ0n) is 20.3. The van der Waals surface area contributed by atoms with Gasteiger partial charge in [0.05, 0.1) is 31.1 Å². The quantitative estimate of drug-likeness (QED) is 0.480. The number of carbonyl (C=O) groups is 1. The van der Waals surface area contributed by atoms with Crippen molar-refractivity contribution in [2.75, 3.05) is 62.8 Å². The molecule has 0 unspecified atom stereocenters. The first kappa shape index (κ1) is 24.5. The minimum absolute atomic E-state index is 0.181. The van der Waals surface area contributed by atoms with Crippen LogP contribution in [0.25, 0.3) is 11.3 Å². The molecular weight excluding hydrogens is 472 g/mol. The van der Waals surface area contributed by atoms with E-state index in [1.54, 1.807) is 29.3 Å².